The number of benzene rings is 2. The molecule has 1 atom stereocenters. The Kier molecular flexibility index (Phi) is 6.84. The minimum absolute atomic E-state index is 0.213. The molecule has 0 spiro atoms. The second-order valence-electron chi connectivity index (χ2n) is 5.47. The Morgan fingerprint density at radius 2 is 1.87 bits per heavy atom. The lowest BCUT2D eigenvalue weighted by Crippen LogP contribution is -2.38. The highest BCUT2D eigenvalue weighted by atomic mass is 16.5. The maximum atomic E-state index is 11.7. The van der Waals surface area contributed by atoms with Gasteiger partial charge in [-0.1, -0.05) is 42.5 Å². The number of ether oxygens (including phenoxy) is 1. The van der Waals surface area contributed by atoms with Crippen molar-refractivity contribution in [2.45, 2.75) is 18.9 Å². The summed E-state index contributed by atoms with van der Waals surface area (Å²) < 4.78 is 4.83. The molecule has 2 amide bonds. The molecule has 124 valence electrons. The SMILES string of the molecule is COCC(O)CCNC(=O)NCCc1cccc2ccccc12. The Labute approximate surface area is 136 Å². The molecule has 1 unspecified atom stereocenters. The predicted molar refractivity (Wildman–Crippen MR) is 91.6 cm³/mol. The minimum Gasteiger partial charge on any atom is -0.391 e. The first-order chi connectivity index (χ1) is 11.2. The fourth-order valence-electron chi connectivity index (χ4n) is 2.51. The van der Waals surface area contributed by atoms with Crippen molar-refractivity contribution in [3.63, 3.8) is 0 Å². The van der Waals surface area contributed by atoms with Gasteiger partial charge in [0.1, 0.15) is 0 Å². The third kappa shape index (κ3) is 5.54. The normalized spacial score (nSPS) is 12.1. The van der Waals surface area contributed by atoms with Gasteiger partial charge in [0.05, 0.1) is 12.7 Å². The summed E-state index contributed by atoms with van der Waals surface area (Å²) in [5.74, 6) is 0. The highest BCUT2D eigenvalue weighted by molar-refractivity contribution is 5.85. The van der Waals surface area contributed by atoms with E-state index in [4.69, 9.17) is 4.74 Å². The number of carbonyl (C=O) groups is 1. The lowest BCUT2D eigenvalue weighted by molar-refractivity contribution is 0.0599. The molecule has 2 aromatic carbocycles. The van der Waals surface area contributed by atoms with E-state index in [9.17, 15) is 9.90 Å². The quantitative estimate of drug-likeness (QED) is 0.698. The monoisotopic (exact) mass is 316 g/mol. The predicted octanol–water partition coefficient (Wildman–Crippen LogP) is 2.08. The first-order valence-electron chi connectivity index (χ1n) is 7.86. The molecule has 3 N–H and O–H groups in total. The molecule has 23 heavy (non-hydrogen) atoms. The van der Waals surface area contributed by atoms with E-state index in [2.05, 4.69) is 34.9 Å². The lowest BCUT2D eigenvalue weighted by Gasteiger charge is -2.11. The van der Waals surface area contributed by atoms with Crippen LogP contribution in [0.2, 0.25) is 0 Å². The van der Waals surface area contributed by atoms with Gasteiger partial charge >= 0.3 is 6.03 Å². The average Bonchev–Trinajstić information content (AvgIpc) is 2.55. The molecule has 0 aromatic heterocycles. The van der Waals surface area contributed by atoms with Gasteiger partial charge < -0.3 is 20.5 Å². The summed E-state index contributed by atoms with van der Waals surface area (Å²) in [6.45, 7) is 1.27. The van der Waals surface area contributed by atoms with E-state index in [-0.39, 0.29) is 12.6 Å². The van der Waals surface area contributed by atoms with Gasteiger partial charge in [0.25, 0.3) is 0 Å². The van der Waals surface area contributed by atoms with E-state index in [1.165, 1.54) is 23.4 Å². The van der Waals surface area contributed by atoms with Crippen LogP contribution in [-0.2, 0) is 11.2 Å². The number of rotatable bonds is 8. The molecule has 0 aliphatic heterocycles. The number of fused-ring (bicyclic) bond motifs is 1. The summed E-state index contributed by atoms with van der Waals surface area (Å²) in [6, 6.07) is 14.2. The summed E-state index contributed by atoms with van der Waals surface area (Å²) in [4.78, 5) is 11.7. The van der Waals surface area contributed by atoms with E-state index in [1.54, 1.807) is 0 Å². The van der Waals surface area contributed by atoms with Crippen molar-refractivity contribution in [3.8, 4) is 0 Å². The lowest BCUT2D eigenvalue weighted by atomic mass is 10.0. The Hall–Kier alpha value is -2.11. The summed E-state index contributed by atoms with van der Waals surface area (Å²) in [6.07, 6.45) is 0.710. The average molecular weight is 316 g/mol. The third-order valence-electron chi connectivity index (χ3n) is 3.68. The first-order valence-corrected chi connectivity index (χ1v) is 7.86. The van der Waals surface area contributed by atoms with Crippen LogP contribution < -0.4 is 10.6 Å². The van der Waals surface area contributed by atoms with Crippen LogP contribution in [-0.4, -0.2) is 44.0 Å². The van der Waals surface area contributed by atoms with Gasteiger partial charge in [0, 0.05) is 20.2 Å². The van der Waals surface area contributed by atoms with Crippen molar-refractivity contribution in [1.82, 2.24) is 10.6 Å². The van der Waals surface area contributed by atoms with Gasteiger partial charge in [0.15, 0.2) is 0 Å². The number of amides is 2. The van der Waals surface area contributed by atoms with Crippen molar-refractivity contribution < 1.29 is 14.6 Å². The van der Waals surface area contributed by atoms with Crippen LogP contribution in [0.3, 0.4) is 0 Å². The second kappa shape index (κ2) is 9.12. The molecule has 0 bridgehead atoms. The van der Waals surface area contributed by atoms with Gasteiger partial charge in [-0.15, -0.1) is 0 Å². The molecule has 0 aliphatic carbocycles. The van der Waals surface area contributed by atoms with Crippen molar-refractivity contribution >= 4 is 16.8 Å². The van der Waals surface area contributed by atoms with Crippen LogP contribution in [0.5, 0.6) is 0 Å². The van der Waals surface area contributed by atoms with Crippen LogP contribution >= 0.6 is 0 Å². The Bertz CT molecular complexity index is 625. The van der Waals surface area contributed by atoms with Crippen molar-refractivity contribution in [1.29, 1.82) is 0 Å². The third-order valence-corrected chi connectivity index (χ3v) is 3.68. The summed E-state index contributed by atoms with van der Waals surface area (Å²) in [5.41, 5.74) is 1.22. The number of hydrogen-bond acceptors (Lipinski definition) is 3. The largest absolute Gasteiger partial charge is 0.391 e. The minimum atomic E-state index is -0.545. The van der Waals surface area contributed by atoms with E-state index >= 15 is 0 Å². The van der Waals surface area contributed by atoms with Crippen LogP contribution in [0.1, 0.15) is 12.0 Å². The zero-order valence-electron chi connectivity index (χ0n) is 13.4. The maximum absolute atomic E-state index is 11.7. The van der Waals surface area contributed by atoms with Gasteiger partial charge in [-0.25, -0.2) is 4.79 Å². The van der Waals surface area contributed by atoms with E-state index in [0.29, 0.717) is 19.5 Å². The first kappa shape index (κ1) is 17.2. The Morgan fingerprint density at radius 1 is 1.13 bits per heavy atom. The van der Waals surface area contributed by atoms with Crippen LogP contribution in [0.4, 0.5) is 4.79 Å². The molecule has 0 saturated carbocycles. The maximum Gasteiger partial charge on any atom is 0.314 e. The zero-order valence-corrected chi connectivity index (χ0v) is 13.4. The molecule has 2 rings (SSSR count). The van der Waals surface area contributed by atoms with Gasteiger partial charge in [0.2, 0.25) is 0 Å². The fraction of sp³-hybridized carbons (Fsp3) is 0.389. The highest BCUT2D eigenvalue weighted by Gasteiger charge is 2.05. The van der Waals surface area contributed by atoms with Crippen LogP contribution in [0, 0.1) is 0 Å². The molecule has 5 nitrogen and oxygen atoms in total. The molecule has 0 radical (unpaired) electrons. The van der Waals surface area contributed by atoms with Gasteiger partial charge in [-0.3, -0.25) is 0 Å². The van der Waals surface area contributed by atoms with Gasteiger partial charge in [-0.2, -0.15) is 0 Å². The van der Waals surface area contributed by atoms with Crippen LogP contribution in [0.15, 0.2) is 42.5 Å². The van der Waals surface area contributed by atoms with Gasteiger partial charge in [-0.05, 0) is 29.2 Å². The highest BCUT2D eigenvalue weighted by Crippen LogP contribution is 2.18. The Morgan fingerprint density at radius 3 is 2.70 bits per heavy atom. The molecule has 0 fully saturated rings. The topological polar surface area (TPSA) is 70.6 Å². The molecule has 2 aromatic rings. The molecule has 5 heteroatoms. The number of urea groups is 1. The fourth-order valence-corrected chi connectivity index (χ4v) is 2.51. The number of nitrogens with one attached hydrogen (secondary N) is 2. The smallest absolute Gasteiger partial charge is 0.314 e. The molecule has 0 saturated heterocycles. The summed E-state index contributed by atoms with van der Waals surface area (Å²) >= 11 is 0. The summed E-state index contributed by atoms with van der Waals surface area (Å²) in [5, 5.41) is 17.5. The number of methoxy groups -OCH3 is 1. The van der Waals surface area contributed by atoms with Crippen molar-refractivity contribution in [2.75, 3.05) is 26.8 Å². The molecular formula is C18H24N2O3. The number of hydrogen-bond donors (Lipinski definition) is 3. The Balaban J connectivity index is 1.73. The number of aliphatic hydroxyl groups is 1. The standard InChI is InChI=1S/C18H24N2O3/c1-23-13-16(21)10-12-20-18(22)19-11-9-15-7-4-6-14-5-2-3-8-17(14)15/h2-8,16,21H,9-13H2,1H3,(H2,19,20,22). The molecule has 0 aliphatic rings. The zero-order chi connectivity index (χ0) is 16.5. The molecule has 0 heterocycles. The van der Waals surface area contributed by atoms with E-state index in [0.717, 1.165) is 6.42 Å². The number of carbonyl (C=O) groups excluding carboxylic acids is 1. The number of aliphatic hydroxyl groups excluding tert-OH is 1. The van der Waals surface area contributed by atoms with Crippen molar-refractivity contribution in [3.05, 3.63) is 48.0 Å². The van der Waals surface area contributed by atoms with E-state index < -0.39 is 6.10 Å². The van der Waals surface area contributed by atoms with Crippen LogP contribution in [0.25, 0.3) is 10.8 Å². The van der Waals surface area contributed by atoms with E-state index in [1.807, 2.05) is 18.2 Å². The molecular weight excluding hydrogens is 292 g/mol. The van der Waals surface area contributed by atoms with Crippen molar-refractivity contribution in [2.24, 2.45) is 0 Å². The second-order valence-corrected chi connectivity index (χ2v) is 5.47. The summed E-state index contributed by atoms with van der Waals surface area (Å²) in [7, 11) is 1.54.